The Kier molecular flexibility index (Phi) is 4.95. The minimum Gasteiger partial charge on any atom is -0.270 e. The van der Waals surface area contributed by atoms with E-state index in [9.17, 15) is 0 Å². The lowest BCUT2D eigenvalue weighted by atomic mass is 10.2. The molecule has 0 amide bonds. The fourth-order valence-electron chi connectivity index (χ4n) is 2.52. The van der Waals surface area contributed by atoms with Crippen LogP contribution in [0, 0.1) is 0 Å². The van der Waals surface area contributed by atoms with Gasteiger partial charge in [0.15, 0.2) is 11.0 Å². The topological polar surface area (TPSA) is 56.5 Å². The maximum atomic E-state index is 6.20. The first kappa shape index (κ1) is 16.8. The number of rotatable bonds is 5. The molecular formula is C19H14ClN5S. The van der Waals surface area contributed by atoms with Gasteiger partial charge >= 0.3 is 0 Å². The van der Waals surface area contributed by atoms with Crippen molar-refractivity contribution in [2.75, 3.05) is 0 Å². The van der Waals surface area contributed by atoms with E-state index in [1.165, 1.54) is 0 Å². The Balaban J connectivity index is 1.75. The molecule has 0 radical (unpaired) electrons. The summed E-state index contributed by atoms with van der Waals surface area (Å²) in [7, 11) is 0. The van der Waals surface area contributed by atoms with Gasteiger partial charge in [0.25, 0.3) is 0 Å². The van der Waals surface area contributed by atoms with Gasteiger partial charge in [-0.15, -0.1) is 10.2 Å². The molecule has 0 aliphatic rings. The molecule has 0 N–H and O–H groups in total. The van der Waals surface area contributed by atoms with Gasteiger partial charge in [-0.25, -0.2) is 0 Å². The molecule has 0 unspecified atom stereocenters. The Labute approximate surface area is 160 Å². The summed E-state index contributed by atoms with van der Waals surface area (Å²) in [6.07, 6.45) is 5.30. The van der Waals surface area contributed by atoms with Crippen LogP contribution in [0.5, 0.6) is 0 Å². The SMILES string of the molecule is Clc1cccc(-n2c(SCc3ccccn3)nnc2-c2cccnc2)c1. The highest BCUT2D eigenvalue weighted by atomic mass is 35.5. The molecule has 0 spiro atoms. The highest BCUT2D eigenvalue weighted by Crippen LogP contribution is 2.30. The number of nitrogens with zero attached hydrogens (tertiary/aromatic N) is 5. The summed E-state index contributed by atoms with van der Waals surface area (Å²) in [5.74, 6) is 1.43. The van der Waals surface area contributed by atoms with E-state index < -0.39 is 0 Å². The molecular weight excluding hydrogens is 366 g/mol. The number of benzene rings is 1. The first-order chi connectivity index (χ1) is 12.8. The quantitative estimate of drug-likeness (QED) is 0.471. The second-order valence-electron chi connectivity index (χ2n) is 5.47. The van der Waals surface area contributed by atoms with Gasteiger partial charge in [-0.2, -0.15) is 0 Å². The van der Waals surface area contributed by atoms with Gasteiger partial charge in [0.1, 0.15) is 0 Å². The van der Waals surface area contributed by atoms with Gasteiger partial charge in [0, 0.05) is 34.9 Å². The van der Waals surface area contributed by atoms with E-state index in [-0.39, 0.29) is 0 Å². The van der Waals surface area contributed by atoms with Gasteiger partial charge < -0.3 is 0 Å². The van der Waals surface area contributed by atoms with Crippen molar-refractivity contribution in [1.29, 1.82) is 0 Å². The van der Waals surface area contributed by atoms with Crippen LogP contribution in [0.1, 0.15) is 5.69 Å². The number of aromatic nitrogens is 5. The predicted octanol–water partition coefficient (Wildman–Crippen LogP) is 4.67. The lowest BCUT2D eigenvalue weighted by Gasteiger charge is -2.10. The lowest BCUT2D eigenvalue weighted by Crippen LogP contribution is -2.00. The molecule has 0 bridgehead atoms. The van der Waals surface area contributed by atoms with Crippen molar-refractivity contribution >= 4 is 23.4 Å². The van der Waals surface area contributed by atoms with E-state index in [2.05, 4.69) is 20.2 Å². The minimum atomic E-state index is 0.661. The lowest BCUT2D eigenvalue weighted by molar-refractivity contribution is 0.885. The van der Waals surface area contributed by atoms with E-state index in [0.717, 1.165) is 27.9 Å². The molecule has 7 heteroatoms. The Bertz CT molecular complexity index is 1000. The van der Waals surface area contributed by atoms with Gasteiger partial charge in [0.2, 0.25) is 0 Å². The predicted molar refractivity (Wildman–Crippen MR) is 103 cm³/mol. The molecule has 5 nitrogen and oxygen atoms in total. The zero-order chi connectivity index (χ0) is 17.8. The zero-order valence-corrected chi connectivity index (χ0v) is 15.2. The number of halogens is 1. The third kappa shape index (κ3) is 3.61. The van der Waals surface area contributed by atoms with Crippen LogP contribution < -0.4 is 0 Å². The number of thioether (sulfide) groups is 1. The second kappa shape index (κ2) is 7.68. The van der Waals surface area contributed by atoms with Crippen LogP contribution in [0.4, 0.5) is 0 Å². The maximum Gasteiger partial charge on any atom is 0.196 e. The molecule has 3 aromatic heterocycles. The third-order valence-electron chi connectivity index (χ3n) is 3.69. The molecule has 1 aromatic carbocycles. The monoisotopic (exact) mass is 379 g/mol. The van der Waals surface area contributed by atoms with Crippen molar-refractivity contribution in [3.63, 3.8) is 0 Å². The summed E-state index contributed by atoms with van der Waals surface area (Å²) >= 11 is 7.78. The molecule has 0 saturated carbocycles. The smallest absolute Gasteiger partial charge is 0.196 e. The van der Waals surface area contributed by atoms with Gasteiger partial charge in [0.05, 0.1) is 11.4 Å². The summed E-state index contributed by atoms with van der Waals surface area (Å²) in [5.41, 5.74) is 2.79. The van der Waals surface area contributed by atoms with Crippen LogP contribution in [0.2, 0.25) is 5.02 Å². The molecule has 0 aliphatic carbocycles. The fraction of sp³-hybridized carbons (Fsp3) is 0.0526. The van der Waals surface area contributed by atoms with Crippen molar-refractivity contribution < 1.29 is 0 Å². The maximum absolute atomic E-state index is 6.20. The minimum absolute atomic E-state index is 0.661. The summed E-state index contributed by atoms with van der Waals surface area (Å²) in [4.78, 5) is 8.56. The third-order valence-corrected chi connectivity index (χ3v) is 4.89. The van der Waals surface area contributed by atoms with Crippen LogP contribution in [-0.2, 0) is 5.75 Å². The first-order valence-corrected chi connectivity index (χ1v) is 9.32. The average molecular weight is 380 g/mol. The highest BCUT2D eigenvalue weighted by Gasteiger charge is 2.16. The molecule has 4 rings (SSSR count). The first-order valence-electron chi connectivity index (χ1n) is 7.96. The van der Waals surface area contributed by atoms with Crippen LogP contribution in [0.15, 0.2) is 78.3 Å². The largest absolute Gasteiger partial charge is 0.270 e. The van der Waals surface area contributed by atoms with Crippen molar-refractivity contribution in [2.45, 2.75) is 10.9 Å². The molecule has 0 atom stereocenters. The molecule has 0 saturated heterocycles. The van der Waals surface area contributed by atoms with Crippen LogP contribution in [0.25, 0.3) is 17.1 Å². The Morgan fingerprint density at radius 2 is 1.92 bits per heavy atom. The Morgan fingerprint density at radius 1 is 0.962 bits per heavy atom. The van der Waals surface area contributed by atoms with Crippen LogP contribution >= 0.6 is 23.4 Å². The standard InChI is InChI=1S/C19H14ClN5S/c20-15-6-3-8-17(11-15)25-18(14-5-4-9-21-12-14)23-24-19(25)26-13-16-7-1-2-10-22-16/h1-12H,13H2. The summed E-state index contributed by atoms with van der Waals surface area (Å²) in [6, 6.07) is 17.4. The van der Waals surface area contributed by atoms with E-state index in [4.69, 9.17) is 11.6 Å². The fourth-order valence-corrected chi connectivity index (χ4v) is 3.57. The molecule has 3 heterocycles. The molecule has 128 valence electrons. The number of pyridine rings is 2. The molecule has 0 fully saturated rings. The van der Waals surface area contributed by atoms with E-state index >= 15 is 0 Å². The molecule has 4 aromatic rings. The summed E-state index contributed by atoms with van der Waals surface area (Å²) in [6.45, 7) is 0. The van der Waals surface area contributed by atoms with Crippen molar-refractivity contribution in [1.82, 2.24) is 24.7 Å². The van der Waals surface area contributed by atoms with Crippen molar-refractivity contribution in [3.05, 3.63) is 83.9 Å². The number of hydrogen-bond acceptors (Lipinski definition) is 5. The Morgan fingerprint density at radius 3 is 2.69 bits per heavy atom. The normalized spacial score (nSPS) is 10.8. The highest BCUT2D eigenvalue weighted by molar-refractivity contribution is 7.98. The van der Waals surface area contributed by atoms with E-state index in [0.29, 0.717) is 10.8 Å². The van der Waals surface area contributed by atoms with Crippen molar-refractivity contribution in [2.24, 2.45) is 0 Å². The number of hydrogen-bond donors (Lipinski definition) is 0. The van der Waals surface area contributed by atoms with E-state index in [1.807, 2.05) is 59.2 Å². The second-order valence-corrected chi connectivity index (χ2v) is 6.85. The summed E-state index contributed by atoms with van der Waals surface area (Å²) < 4.78 is 2.00. The van der Waals surface area contributed by atoms with Crippen LogP contribution in [-0.4, -0.2) is 24.7 Å². The zero-order valence-electron chi connectivity index (χ0n) is 13.7. The van der Waals surface area contributed by atoms with Gasteiger partial charge in [-0.05, 0) is 42.5 Å². The Hall–Kier alpha value is -2.70. The molecule has 26 heavy (non-hydrogen) atoms. The molecule has 0 aliphatic heterocycles. The average Bonchev–Trinajstić information content (AvgIpc) is 3.12. The van der Waals surface area contributed by atoms with Crippen LogP contribution in [0.3, 0.4) is 0 Å². The van der Waals surface area contributed by atoms with E-state index in [1.54, 1.807) is 30.4 Å². The van der Waals surface area contributed by atoms with Gasteiger partial charge in [-0.3, -0.25) is 14.5 Å². The van der Waals surface area contributed by atoms with Gasteiger partial charge in [-0.1, -0.05) is 35.5 Å². The summed E-state index contributed by atoms with van der Waals surface area (Å²) in [5, 5.41) is 10.2. The van der Waals surface area contributed by atoms with Crippen molar-refractivity contribution in [3.8, 4) is 17.1 Å².